The molecule has 0 aliphatic heterocycles. The van der Waals surface area contributed by atoms with Crippen molar-refractivity contribution in [2.24, 2.45) is 5.92 Å². The summed E-state index contributed by atoms with van der Waals surface area (Å²) in [5.41, 5.74) is -0.367. The van der Waals surface area contributed by atoms with Crippen LogP contribution in [0, 0.1) is 5.92 Å². The van der Waals surface area contributed by atoms with Crippen LogP contribution in [0.5, 0.6) is 0 Å². The molecule has 1 rings (SSSR count). The molecule has 5 heteroatoms. The van der Waals surface area contributed by atoms with Gasteiger partial charge in [-0.15, -0.1) is 0 Å². The summed E-state index contributed by atoms with van der Waals surface area (Å²) in [6, 6.07) is 1.18. The maximum atomic E-state index is 11.0. The van der Waals surface area contributed by atoms with Crippen molar-refractivity contribution in [3.8, 4) is 0 Å². The predicted molar refractivity (Wildman–Crippen MR) is 42.8 cm³/mol. The molecule has 0 unspecified atom stereocenters. The topological polar surface area (TPSA) is 75.1 Å². The van der Waals surface area contributed by atoms with Crippen LogP contribution in [0.3, 0.4) is 0 Å². The molecule has 1 amide bonds. The van der Waals surface area contributed by atoms with Crippen LogP contribution in [0.4, 0.5) is 5.88 Å². The number of rotatable bonds is 2. The van der Waals surface area contributed by atoms with Gasteiger partial charge in [-0.2, -0.15) is 5.16 Å². The fourth-order valence-corrected chi connectivity index (χ4v) is 0.611. The smallest absolute Gasteiger partial charge is 0.282 e. The molecule has 1 aromatic heterocycles. The second kappa shape index (κ2) is 3.25. The third-order valence-corrected chi connectivity index (χ3v) is 1.29. The number of H-pyrrole nitrogens is 1. The molecular weight excluding hydrogens is 160 g/mol. The molecule has 0 saturated carbocycles. The molecule has 0 atom stereocenters. The third kappa shape index (κ3) is 1.98. The standard InChI is InChI=1S/C7H10N2O3/c1-4(2)7(11)8-6-3-5(10)9-12-6/h3-4H,1-2H3,(H,8,11)(H,9,10). The highest BCUT2D eigenvalue weighted by Crippen LogP contribution is 2.03. The van der Waals surface area contributed by atoms with Crippen LogP contribution < -0.4 is 10.9 Å². The number of amides is 1. The number of hydrogen-bond acceptors (Lipinski definition) is 3. The minimum absolute atomic E-state index is 0.134. The van der Waals surface area contributed by atoms with Crippen LogP contribution in [-0.4, -0.2) is 11.1 Å². The van der Waals surface area contributed by atoms with Gasteiger partial charge in [-0.05, 0) is 0 Å². The fourth-order valence-electron chi connectivity index (χ4n) is 0.611. The van der Waals surface area contributed by atoms with E-state index in [1.807, 2.05) is 0 Å². The highest BCUT2D eigenvalue weighted by molar-refractivity contribution is 5.90. The second-order valence-electron chi connectivity index (χ2n) is 2.72. The number of anilines is 1. The number of hydrogen-bond donors (Lipinski definition) is 2. The first-order valence-electron chi connectivity index (χ1n) is 3.59. The van der Waals surface area contributed by atoms with Crippen molar-refractivity contribution in [2.75, 3.05) is 5.32 Å². The Morgan fingerprint density at radius 1 is 1.67 bits per heavy atom. The van der Waals surface area contributed by atoms with Gasteiger partial charge in [0.2, 0.25) is 11.8 Å². The fraction of sp³-hybridized carbons (Fsp3) is 0.429. The molecule has 0 spiro atoms. The lowest BCUT2D eigenvalue weighted by Gasteiger charge is -2.02. The van der Waals surface area contributed by atoms with Gasteiger partial charge in [0.05, 0.1) is 6.07 Å². The van der Waals surface area contributed by atoms with Crippen molar-refractivity contribution >= 4 is 11.8 Å². The Balaban J connectivity index is 2.64. The molecule has 0 fully saturated rings. The summed E-state index contributed by atoms with van der Waals surface area (Å²) in [5, 5.41) is 4.49. The molecule has 0 radical (unpaired) electrons. The normalized spacial score (nSPS) is 10.2. The average molecular weight is 170 g/mol. The first-order chi connectivity index (χ1) is 5.59. The highest BCUT2D eigenvalue weighted by atomic mass is 16.5. The zero-order valence-electron chi connectivity index (χ0n) is 6.88. The molecule has 0 saturated heterocycles. The highest BCUT2D eigenvalue weighted by Gasteiger charge is 2.08. The van der Waals surface area contributed by atoms with Gasteiger partial charge in [0.15, 0.2) is 0 Å². The van der Waals surface area contributed by atoms with Crippen molar-refractivity contribution in [2.45, 2.75) is 13.8 Å². The summed E-state index contributed by atoms with van der Waals surface area (Å²) in [6.45, 7) is 3.50. The molecular formula is C7H10N2O3. The summed E-state index contributed by atoms with van der Waals surface area (Å²) >= 11 is 0. The zero-order chi connectivity index (χ0) is 9.14. The molecule has 66 valence electrons. The van der Waals surface area contributed by atoms with Gasteiger partial charge in [-0.1, -0.05) is 13.8 Å². The molecule has 1 aromatic rings. The van der Waals surface area contributed by atoms with Gasteiger partial charge < -0.3 is 4.52 Å². The minimum Gasteiger partial charge on any atom is -0.361 e. The van der Waals surface area contributed by atoms with Crippen molar-refractivity contribution in [3.05, 3.63) is 16.4 Å². The molecule has 12 heavy (non-hydrogen) atoms. The summed E-state index contributed by atoms with van der Waals surface area (Å²) in [5.74, 6) is -0.165. The van der Waals surface area contributed by atoms with E-state index in [0.717, 1.165) is 0 Å². The predicted octanol–water partition coefficient (Wildman–Crippen LogP) is 0.562. The summed E-state index contributed by atoms with van der Waals surface area (Å²) in [7, 11) is 0. The van der Waals surface area contributed by atoms with Crippen LogP contribution in [-0.2, 0) is 4.79 Å². The van der Waals surface area contributed by atoms with Crippen LogP contribution in [0.15, 0.2) is 15.4 Å². The number of aromatic nitrogens is 1. The second-order valence-corrected chi connectivity index (χ2v) is 2.72. The minimum atomic E-state index is -0.367. The van der Waals surface area contributed by atoms with Gasteiger partial charge in [-0.25, -0.2) is 0 Å². The van der Waals surface area contributed by atoms with E-state index < -0.39 is 0 Å². The maximum Gasteiger partial charge on any atom is 0.282 e. The monoisotopic (exact) mass is 170 g/mol. The third-order valence-electron chi connectivity index (χ3n) is 1.29. The Bertz CT molecular complexity index is 323. The van der Waals surface area contributed by atoms with E-state index in [0.29, 0.717) is 0 Å². The molecule has 5 nitrogen and oxygen atoms in total. The quantitative estimate of drug-likeness (QED) is 0.681. The lowest BCUT2D eigenvalue weighted by Crippen LogP contribution is -2.17. The van der Waals surface area contributed by atoms with E-state index in [-0.39, 0.29) is 23.3 Å². The van der Waals surface area contributed by atoms with Crippen molar-refractivity contribution in [1.82, 2.24) is 5.16 Å². The first kappa shape index (κ1) is 8.58. The Labute approximate surface area is 68.7 Å². The lowest BCUT2D eigenvalue weighted by molar-refractivity contribution is -0.119. The molecule has 0 aromatic carbocycles. The largest absolute Gasteiger partial charge is 0.361 e. The van der Waals surface area contributed by atoms with Crippen LogP contribution >= 0.6 is 0 Å². The van der Waals surface area contributed by atoms with Gasteiger partial charge in [-0.3, -0.25) is 14.9 Å². The van der Waals surface area contributed by atoms with Crippen LogP contribution in [0.1, 0.15) is 13.8 Å². The van der Waals surface area contributed by atoms with E-state index in [1.54, 1.807) is 13.8 Å². The van der Waals surface area contributed by atoms with Crippen molar-refractivity contribution in [3.63, 3.8) is 0 Å². The molecule has 1 heterocycles. The zero-order valence-corrected chi connectivity index (χ0v) is 6.88. The molecule has 2 N–H and O–H groups in total. The summed E-state index contributed by atoms with van der Waals surface area (Å²) in [4.78, 5) is 21.6. The molecule has 0 aliphatic carbocycles. The number of carbonyl (C=O) groups is 1. The van der Waals surface area contributed by atoms with E-state index in [9.17, 15) is 9.59 Å². The van der Waals surface area contributed by atoms with Gasteiger partial charge >= 0.3 is 0 Å². The molecule has 0 aliphatic rings. The number of carbonyl (C=O) groups excluding carboxylic acids is 1. The van der Waals surface area contributed by atoms with E-state index in [2.05, 4.69) is 15.0 Å². The van der Waals surface area contributed by atoms with E-state index in [4.69, 9.17) is 0 Å². The van der Waals surface area contributed by atoms with Gasteiger partial charge in [0.1, 0.15) is 0 Å². The van der Waals surface area contributed by atoms with Crippen LogP contribution in [0.2, 0.25) is 0 Å². The maximum absolute atomic E-state index is 11.0. The first-order valence-corrected chi connectivity index (χ1v) is 3.59. The Hall–Kier alpha value is -1.52. The summed E-state index contributed by atoms with van der Waals surface area (Å²) in [6.07, 6.45) is 0. The van der Waals surface area contributed by atoms with E-state index in [1.165, 1.54) is 6.07 Å². The van der Waals surface area contributed by atoms with Crippen molar-refractivity contribution in [1.29, 1.82) is 0 Å². The Morgan fingerprint density at radius 2 is 2.33 bits per heavy atom. The van der Waals surface area contributed by atoms with Gasteiger partial charge in [0, 0.05) is 5.92 Å². The van der Waals surface area contributed by atoms with Gasteiger partial charge in [0.25, 0.3) is 5.56 Å². The summed E-state index contributed by atoms with van der Waals surface area (Å²) < 4.78 is 4.62. The SMILES string of the molecule is CC(C)C(=O)Nc1cc(=O)[nH]o1. The van der Waals surface area contributed by atoms with Crippen molar-refractivity contribution < 1.29 is 9.32 Å². The number of nitrogens with one attached hydrogen (secondary N) is 2. The van der Waals surface area contributed by atoms with Crippen LogP contribution in [0.25, 0.3) is 0 Å². The Kier molecular flexibility index (Phi) is 2.32. The lowest BCUT2D eigenvalue weighted by atomic mass is 10.2. The average Bonchev–Trinajstić information content (AvgIpc) is 2.35. The Morgan fingerprint density at radius 3 is 2.75 bits per heavy atom. The van der Waals surface area contributed by atoms with E-state index >= 15 is 0 Å². The number of aromatic amines is 1. The molecule has 0 bridgehead atoms.